The van der Waals surface area contributed by atoms with Crippen molar-refractivity contribution in [2.45, 2.75) is 6.43 Å². The van der Waals surface area contributed by atoms with Crippen LogP contribution in [0.3, 0.4) is 0 Å². The van der Waals surface area contributed by atoms with Crippen LogP contribution in [0.4, 0.5) is 14.6 Å². The molecule has 3 heterocycles. The summed E-state index contributed by atoms with van der Waals surface area (Å²) in [7, 11) is 3.10. The van der Waals surface area contributed by atoms with Crippen LogP contribution in [0.25, 0.3) is 22.2 Å². The summed E-state index contributed by atoms with van der Waals surface area (Å²) in [5, 5.41) is 2.74. The summed E-state index contributed by atoms with van der Waals surface area (Å²) in [4.78, 5) is 23.7. The van der Waals surface area contributed by atoms with Gasteiger partial charge in [-0.15, -0.1) is 0 Å². The molecule has 9 nitrogen and oxygen atoms in total. The summed E-state index contributed by atoms with van der Waals surface area (Å²) in [6.07, 6.45) is -1.21. The quantitative estimate of drug-likeness (QED) is 0.505. The Bertz CT molecular complexity index is 1200. The van der Waals surface area contributed by atoms with Gasteiger partial charge in [-0.3, -0.25) is 9.69 Å². The number of alkyl halides is 2. The van der Waals surface area contributed by atoms with Crippen molar-refractivity contribution in [1.82, 2.24) is 19.4 Å². The maximum absolute atomic E-state index is 12.9. The maximum Gasteiger partial charge on any atom is 0.264 e. The van der Waals surface area contributed by atoms with Gasteiger partial charge in [0.15, 0.2) is 11.5 Å². The number of methoxy groups -OCH3 is 1. The molecule has 34 heavy (non-hydrogen) atoms. The fourth-order valence-corrected chi connectivity index (χ4v) is 3.73. The van der Waals surface area contributed by atoms with E-state index in [-0.39, 0.29) is 16.8 Å². The Hall–Kier alpha value is -3.31. The van der Waals surface area contributed by atoms with Crippen LogP contribution in [0.1, 0.15) is 0 Å². The highest BCUT2D eigenvalue weighted by Crippen LogP contribution is 2.33. The summed E-state index contributed by atoms with van der Waals surface area (Å²) in [5.41, 5.74) is 1.12. The van der Waals surface area contributed by atoms with Gasteiger partial charge in [0.25, 0.3) is 12.0 Å². The molecular weight excluding hydrogens is 448 g/mol. The molecule has 182 valence electrons. The molecule has 0 unspecified atom stereocenters. The van der Waals surface area contributed by atoms with E-state index in [4.69, 9.17) is 14.2 Å². The number of halogens is 2. The van der Waals surface area contributed by atoms with Crippen LogP contribution in [0, 0.1) is 0 Å². The number of aromatic nitrogens is 3. The SMILES string of the molecule is COc1ccc(-c2cc3ncn(C)c(=O)c3c(NCC(F)F)n2)cc1OCCN1CCOCC1. The highest BCUT2D eigenvalue weighted by atomic mass is 19.3. The van der Waals surface area contributed by atoms with Crippen molar-refractivity contribution in [3.05, 3.63) is 40.9 Å². The maximum atomic E-state index is 12.9. The molecule has 3 aromatic rings. The Kier molecular flexibility index (Phi) is 7.53. The lowest BCUT2D eigenvalue weighted by atomic mass is 10.1. The molecule has 11 heteroatoms. The van der Waals surface area contributed by atoms with Crippen LogP contribution in [0.2, 0.25) is 0 Å². The lowest BCUT2D eigenvalue weighted by Crippen LogP contribution is -2.38. The van der Waals surface area contributed by atoms with Crippen molar-refractivity contribution in [2.75, 3.05) is 58.4 Å². The number of nitrogens with zero attached hydrogens (tertiary/aromatic N) is 4. The number of aryl methyl sites for hydroxylation is 1. The summed E-state index contributed by atoms with van der Waals surface area (Å²) in [6, 6.07) is 6.99. The predicted molar refractivity (Wildman–Crippen MR) is 124 cm³/mol. The van der Waals surface area contributed by atoms with Crippen molar-refractivity contribution in [3.63, 3.8) is 0 Å². The average molecular weight is 475 g/mol. The van der Waals surface area contributed by atoms with Gasteiger partial charge in [0.05, 0.1) is 44.4 Å². The van der Waals surface area contributed by atoms with Crippen LogP contribution in [0.5, 0.6) is 11.5 Å². The number of hydrogen-bond acceptors (Lipinski definition) is 8. The normalized spacial score (nSPS) is 14.5. The van der Waals surface area contributed by atoms with E-state index >= 15 is 0 Å². The van der Waals surface area contributed by atoms with Gasteiger partial charge in [-0.05, 0) is 24.3 Å². The number of morpholine rings is 1. The molecule has 1 aliphatic rings. The number of anilines is 1. The number of pyridine rings is 1. The Morgan fingerprint density at radius 1 is 1.21 bits per heavy atom. The van der Waals surface area contributed by atoms with Gasteiger partial charge in [-0.25, -0.2) is 18.7 Å². The number of nitrogens with one attached hydrogen (secondary N) is 1. The fraction of sp³-hybridized carbons (Fsp3) is 0.435. The van der Waals surface area contributed by atoms with E-state index in [1.54, 1.807) is 38.4 Å². The second kappa shape index (κ2) is 10.7. The molecule has 4 rings (SSSR count). The number of hydrogen-bond donors (Lipinski definition) is 1. The van der Waals surface area contributed by atoms with Crippen molar-refractivity contribution in [3.8, 4) is 22.8 Å². The van der Waals surface area contributed by atoms with Crippen LogP contribution in [0.15, 0.2) is 35.4 Å². The first-order valence-electron chi connectivity index (χ1n) is 11.0. The van der Waals surface area contributed by atoms with E-state index in [1.807, 2.05) is 0 Å². The summed E-state index contributed by atoms with van der Waals surface area (Å²) < 4.78 is 43.9. The molecule has 0 amide bonds. The van der Waals surface area contributed by atoms with E-state index < -0.39 is 13.0 Å². The molecule has 2 aromatic heterocycles. The number of benzene rings is 1. The van der Waals surface area contributed by atoms with Crippen molar-refractivity contribution < 1.29 is 23.0 Å². The summed E-state index contributed by atoms with van der Waals surface area (Å²) in [5.74, 6) is 1.16. The van der Waals surface area contributed by atoms with Gasteiger partial charge in [-0.1, -0.05) is 0 Å². The van der Waals surface area contributed by atoms with Crippen molar-refractivity contribution in [1.29, 1.82) is 0 Å². The molecule has 0 radical (unpaired) electrons. The van der Waals surface area contributed by atoms with Crippen molar-refractivity contribution in [2.24, 2.45) is 7.05 Å². The Labute approximate surface area is 195 Å². The highest BCUT2D eigenvalue weighted by molar-refractivity contribution is 5.91. The largest absolute Gasteiger partial charge is 0.493 e. The van der Waals surface area contributed by atoms with Crippen LogP contribution in [-0.4, -0.2) is 79.0 Å². The molecule has 1 N–H and O–H groups in total. The zero-order valence-electron chi connectivity index (χ0n) is 19.1. The van der Waals surface area contributed by atoms with Crippen LogP contribution >= 0.6 is 0 Å². The first-order valence-corrected chi connectivity index (χ1v) is 11.0. The molecule has 0 saturated carbocycles. The number of fused-ring (bicyclic) bond motifs is 1. The molecule has 0 bridgehead atoms. The van der Waals surface area contributed by atoms with E-state index in [1.165, 1.54) is 10.9 Å². The van der Waals surface area contributed by atoms with Gasteiger partial charge in [0, 0.05) is 32.2 Å². The Morgan fingerprint density at radius 2 is 2.00 bits per heavy atom. The molecular formula is C23H27F2N5O4. The van der Waals surface area contributed by atoms with Gasteiger partial charge >= 0.3 is 0 Å². The first-order chi connectivity index (χ1) is 16.5. The minimum Gasteiger partial charge on any atom is -0.493 e. The van der Waals surface area contributed by atoms with Gasteiger partial charge in [-0.2, -0.15) is 0 Å². The third kappa shape index (κ3) is 5.42. The Morgan fingerprint density at radius 3 is 2.74 bits per heavy atom. The minimum atomic E-state index is -2.60. The topological polar surface area (TPSA) is 90.7 Å². The molecule has 1 aromatic carbocycles. The number of rotatable bonds is 9. The second-order valence-electron chi connectivity index (χ2n) is 7.85. The zero-order valence-corrected chi connectivity index (χ0v) is 19.1. The lowest BCUT2D eigenvalue weighted by Gasteiger charge is -2.26. The standard InChI is InChI=1S/C23H27F2N5O4/c1-29-14-27-17-12-16(28-22(21(17)23(29)31)26-13-20(24)25)15-3-4-18(32-2)19(11-15)34-10-7-30-5-8-33-9-6-30/h3-4,11-12,14,20H,5-10,13H2,1-2H3,(H,26,28). The van der Waals surface area contributed by atoms with E-state index in [0.717, 1.165) is 19.6 Å². The lowest BCUT2D eigenvalue weighted by molar-refractivity contribution is 0.0321. The molecule has 1 saturated heterocycles. The Balaban J connectivity index is 1.65. The van der Waals surface area contributed by atoms with E-state index in [0.29, 0.717) is 48.1 Å². The smallest absolute Gasteiger partial charge is 0.264 e. The van der Waals surface area contributed by atoms with Crippen LogP contribution < -0.4 is 20.3 Å². The third-order valence-corrected chi connectivity index (χ3v) is 5.55. The fourth-order valence-electron chi connectivity index (χ4n) is 3.73. The second-order valence-corrected chi connectivity index (χ2v) is 7.85. The predicted octanol–water partition coefficient (Wildman–Crippen LogP) is 2.39. The van der Waals surface area contributed by atoms with Gasteiger partial charge in [0.1, 0.15) is 17.8 Å². The molecule has 0 atom stereocenters. The molecule has 0 spiro atoms. The molecule has 1 aliphatic heterocycles. The van der Waals surface area contributed by atoms with E-state index in [2.05, 4.69) is 20.2 Å². The van der Waals surface area contributed by atoms with Crippen molar-refractivity contribution >= 4 is 16.7 Å². The summed E-state index contributed by atoms with van der Waals surface area (Å²) in [6.45, 7) is 3.73. The minimum absolute atomic E-state index is 0.0621. The molecule has 1 fully saturated rings. The zero-order chi connectivity index (χ0) is 24.1. The first kappa shape index (κ1) is 23.8. The third-order valence-electron chi connectivity index (χ3n) is 5.55. The van der Waals surface area contributed by atoms with Gasteiger partial charge < -0.3 is 24.1 Å². The molecule has 0 aliphatic carbocycles. The monoisotopic (exact) mass is 475 g/mol. The van der Waals surface area contributed by atoms with Crippen LogP contribution in [-0.2, 0) is 11.8 Å². The highest BCUT2D eigenvalue weighted by Gasteiger charge is 2.16. The average Bonchev–Trinajstić information content (AvgIpc) is 2.85. The van der Waals surface area contributed by atoms with Gasteiger partial charge in [0.2, 0.25) is 0 Å². The summed E-state index contributed by atoms with van der Waals surface area (Å²) >= 11 is 0. The number of ether oxygens (including phenoxy) is 3. The van der Waals surface area contributed by atoms with E-state index in [9.17, 15) is 13.6 Å².